The highest BCUT2D eigenvalue weighted by Crippen LogP contribution is 2.19. The Kier molecular flexibility index (Phi) is 5.45. The zero-order valence-electron chi connectivity index (χ0n) is 11.5. The van der Waals surface area contributed by atoms with Gasteiger partial charge in [-0.25, -0.2) is 0 Å². The molecule has 0 bridgehead atoms. The van der Waals surface area contributed by atoms with Gasteiger partial charge in [0.1, 0.15) is 0 Å². The zero-order chi connectivity index (χ0) is 12.8. The van der Waals surface area contributed by atoms with Crippen LogP contribution >= 0.6 is 0 Å². The van der Waals surface area contributed by atoms with Gasteiger partial charge in [-0.2, -0.15) is 0 Å². The number of rotatable bonds is 4. The first-order valence-electron chi connectivity index (χ1n) is 7.28. The molecule has 0 unspecified atom stereocenters. The highest BCUT2D eigenvalue weighted by atomic mass is 16.5. The summed E-state index contributed by atoms with van der Waals surface area (Å²) in [7, 11) is 1.96. The minimum Gasteiger partial charge on any atom is -0.381 e. The van der Waals surface area contributed by atoms with Crippen molar-refractivity contribution in [2.75, 3.05) is 39.9 Å². The van der Waals surface area contributed by atoms with E-state index in [0.717, 1.165) is 65.0 Å². The normalized spacial score (nSPS) is 22.9. The summed E-state index contributed by atoms with van der Waals surface area (Å²) in [5.74, 6) is 1.56. The Morgan fingerprint density at radius 3 is 2.50 bits per heavy atom. The van der Waals surface area contributed by atoms with Crippen LogP contribution in [0.5, 0.6) is 0 Å². The summed E-state index contributed by atoms with van der Waals surface area (Å²) in [4.78, 5) is 14.1. The highest BCUT2D eigenvalue weighted by Gasteiger charge is 2.22. The maximum absolute atomic E-state index is 12.2. The summed E-state index contributed by atoms with van der Waals surface area (Å²) in [6.07, 6.45) is 5.24. The predicted molar refractivity (Wildman–Crippen MR) is 71.4 cm³/mol. The van der Waals surface area contributed by atoms with E-state index < -0.39 is 0 Å². The molecule has 2 fully saturated rings. The van der Waals surface area contributed by atoms with Gasteiger partial charge in [-0.05, 0) is 50.6 Å². The summed E-state index contributed by atoms with van der Waals surface area (Å²) in [5.41, 5.74) is 0. The fourth-order valence-corrected chi connectivity index (χ4v) is 2.91. The van der Waals surface area contributed by atoms with Crippen LogP contribution in [0.25, 0.3) is 0 Å². The molecule has 4 heteroatoms. The second-order valence-electron chi connectivity index (χ2n) is 5.73. The Hall–Kier alpha value is -0.610. The highest BCUT2D eigenvalue weighted by molar-refractivity contribution is 5.76. The molecular formula is C14H26N2O2. The lowest BCUT2D eigenvalue weighted by Gasteiger charge is -2.29. The summed E-state index contributed by atoms with van der Waals surface area (Å²) in [5, 5.41) is 3.34. The lowest BCUT2D eigenvalue weighted by Crippen LogP contribution is -2.36. The van der Waals surface area contributed by atoms with Crippen LogP contribution in [-0.4, -0.2) is 50.7 Å². The molecule has 18 heavy (non-hydrogen) atoms. The van der Waals surface area contributed by atoms with Gasteiger partial charge in [0.2, 0.25) is 5.91 Å². The van der Waals surface area contributed by atoms with Gasteiger partial charge in [0, 0.05) is 33.2 Å². The van der Waals surface area contributed by atoms with Crippen LogP contribution in [0.15, 0.2) is 0 Å². The Morgan fingerprint density at radius 1 is 1.17 bits per heavy atom. The van der Waals surface area contributed by atoms with E-state index in [2.05, 4.69) is 5.32 Å². The van der Waals surface area contributed by atoms with Crippen LogP contribution in [-0.2, 0) is 9.53 Å². The maximum Gasteiger partial charge on any atom is 0.222 e. The van der Waals surface area contributed by atoms with Crippen molar-refractivity contribution in [3.63, 3.8) is 0 Å². The standard InChI is InChI=1S/C14H26N2O2/c1-16(11-13-4-8-18-9-5-13)14(17)10-12-2-6-15-7-3-12/h12-13,15H,2-11H2,1H3. The molecule has 0 aromatic heterocycles. The molecule has 1 amide bonds. The Bertz CT molecular complexity index is 259. The minimum absolute atomic E-state index is 0.327. The topological polar surface area (TPSA) is 41.6 Å². The van der Waals surface area contributed by atoms with Crippen LogP contribution in [0, 0.1) is 11.8 Å². The van der Waals surface area contributed by atoms with Crippen molar-refractivity contribution in [2.45, 2.75) is 32.1 Å². The molecule has 0 saturated carbocycles. The number of carbonyl (C=O) groups excluding carboxylic acids is 1. The molecule has 2 aliphatic heterocycles. The van der Waals surface area contributed by atoms with Gasteiger partial charge in [0.25, 0.3) is 0 Å². The van der Waals surface area contributed by atoms with Crippen LogP contribution in [0.3, 0.4) is 0 Å². The lowest BCUT2D eigenvalue weighted by molar-refractivity contribution is -0.132. The number of amides is 1. The number of nitrogens with one attached hydrogen (secondary N) is 1. The van der Waals surface area contributed by atoms with Crippen LogP contribution < -0.4 is 5.32 Å². The molecular weight excluding hydrogens is 228 g/mol. The van der Waals surface area contributed by atoms with Crippen molar-refractivity contribution in [3.8, 4) is 0 Å². The lowest BCUT2D eigenvalue weighted by atomic mass is 9.93. The Labute approximate surface area is 110 Å². The number of hydrogen-bond acceptors (Lipinski definition) is 3. The molecule has 4 nitrogen and oxygen atoms in total. The first-order chi connectivity index (χ1) is 8.75. The van der Waals surface area contributed by atoms with Gasteiger partial charge in [-0.15, -0.1) is 0 Å². The van der Waals surface area contributed by atoms with E-state index in [-0.39, 0.29) is 0 Å². The van der Waals surface area contributed by atoms with Gasteiger partial charge in [-0.1, -0.05) is 0 Å². The first kappa shape index (κ1) is 13.8. The van der Waals surface area contributed by atoms with E-state index in [1.807, 2.05) is 11.9 Å². The van der Waals surface area contributed by atoms with Gasteiger partial charge in [-0.3, -0.25) is 4.79 Å². The van der Waals surface area contributed by atoms with E-state index in [1.54, 1.807) is 0 Å². The number of nitrogens with zero attached hydrogens (tertiary/aromatic N) is 1. The number of carbonyl (C=O) groups is 1. The van der Waals surface area contributed by atoms with Gasteiger partial charge in [0.05, 0.1) is 0 Å². The molecule has 0 radical (unpaired) electrons. The summed E-state index contributed by atoms with van der Waals surface area (Å²) in [6, 6.07) is 0. The van der Waals surface area contributed by atoms with E-state index in [9.17, 15) is 4.79 Å². The third-order valence-corrected chi connectivity index (χ3v) is 4.22. The average molecular weight is 254 g/mol. The third-order valence-electron chi connectivity index (χ3n) is 4.22. The minimum atomic E-state index is 0.327. The molecule has 0 aliphatic carbocycles. The number of hydrogen-bond donors (Lipinski definition) is 1. The SMILES string of the molecule is CN(CC1CCOCC1)C(=O)CC1CCNCC1. The fourth-order valence-electron chi connectivity index (χ4n) is 2.91. The van der Waals surface area contributed by atoms with Crippen molar-refractivity contribution in [1.82, 2.24) is 10.2 Å². The summed E-state index contributed by atoms with van der Waals surface area (Å²) < 4.78 is 5.35. The largest absolute Gasteiger partial charge is 0.381 e. The monoisotopic (exact) mass is 254 g/mol. The molecule has 2 aliphatic rings. The van der Waals surface area contributed by atoms with Crippen molar-refractivity contribution < 1.29 is 9.53 Å². The Morgan fingerprint density at radius 2 is 1.83 bits per heavy atom. The Balaban J connectivity index is 1.69. The average Bonchev–Trinajstić information content (AvgIpc) is 2.41. The van der Waals surface area contributed by atoms with E-state index in [0.29, 0.717) is 17.7 Å². The first-order valence-corrected chi connectivity index (χ1v) is 7.28. The van der Waals surface area contributed by atoms with E-state index in [1.165, 1.54) is 0 Å². The van der Waals surface area contributed by atoms with Crippen molar-refractivity contribution in [2.24, 2.45) is 11.8 Å². The number of piperidine rings is 1. The molecule has 104 valence electrons. The molecule has 0 aromatic carbocycles. The van der Waals surface area contributed by atoms with Crippen molar-refractivity contribution in [3.05, 3.63) is 0 Å². The predicted octanol–water partition coefficient (Wildman–Crippen LogP) is 1.26. The number of ether oxygens (including phenoxy) is 1. The van der Waals surface area contributed by atoms with Crippen molar-refractivity contribution >= 4 is 5.91 Å². The third kappa shape index (κ3) is 4.25. The molecule has 2 heterocycles. The zero-order valence-corrected chi connectivity index (χ0v) is 11.5. The quantitative estimate of drug-likeness (QED) is 0.821. The molecule has 0 atom stereocenters. The molecule has 2 rings (SSSR count). The molecule has 0 spiro atoms. The van der Waals surface area contributed by atoms with Gasteiger partial charge < -0.3 is 15.0 Å². The second-order valence-corrected chi connectivity index (χ2v) is 5.73. The van der Waals surface area contributed by atoms with Gasteiger partial charge >= 0.3 is 0 Å². The molecule has 1 N–H and O–H groups in total. The van der Waals surface area contributed by atoms with Crippen LogP contribution in [0.1, 0.15) is 32.1 Å². The van der Waals surface area contributed by atoms with Crippen molar-refractivity contribution in [1.29, 1.82) is 0 Å². The van der Waals surface area contributed by atoms with Crippen LogP contribution in [0.2, 0.25) is 0 Å². The van der Waals surface area contributed by atoms with Gasteiger partial charge in [0.15, 0.2) is 0 Å². The summed E-state index contributed by atoms with van der Waals surface area (Å²) >= 11 is 0. The second kappa shape index (κ2) is 7.10. The van der Waals surface area contributed by atoms with E-state index >= 15 is 0 Å². The molecule has 0 aromatic rings. The summed E-state index contributed by atoms with van der Waals surface area (Å²) in [6.45, 7) is 4.78. The van der Waals surface area contributed by atoms with E-state index in [4.69, 9.17) is 4.74 Å². The van der Waals surface area contributed by atoms with Crippen LogP contribution in [0.4, 0.5) is 0 Å². The smallest absolute Gasteiger partial charge is 0.222 e. The molecule has 2 saturated heterocycles. The maximum atomic E-state index is 12.2. The fraction of sp³-hybridized carbons (Fsp3) is 0.929.